The average Bonchev–Trinajstić information content (AvgIpc) is 3.21. The topological polar surface area (TPSA) is 84.8 Å². The summed E-state index contributed by atoms with van der Waals surface area (Å²) in [5, 5.41) is 4.00. The third kappa shape index (κ3) is 2.42. The van der Waals surface area contributed by atoms with E-state index in [9.17, 15) is 4.79 Å². The first-order valence-corrected chi connectivity index (χ1v) is 7.89. The van der Waals surface area contributed by atoms with Gasteiger partial charge in [0.05, 0.1) is 25.2 Å². The minimum atomic E-state index is -0.346. The second-order valence-corrected chi connectivity index (χ2v) is 6.03. The van der Waals surface area contributed by atoms with Gasteiger partial charge in [0, 0.05) is 23.7 Å². The molecule has 4 rings (SSSR count). The van der Waals surface area contributed by atoms with Gasteiger partial charge < -0.3 is 19.6 Å². The summed E-state index contributed by atoms with van der Waals surface area (Å²) in [4.78, 5) is 23.4. The molecule has 0 bridgehead atoms. The number of aromatic nitrogens is 4. The van der Waals surface area contributed by atoms with Crippen LogP contribution in [0.5, 0.6) is 0 Å². The molecule has 23 heavy (non-hydrogen) atoms. The summed E-state index contributed by atoms with van der Waals surface area (Å²) < 4.78 is 6.94. The molecule has 3 heterocycles. The molecule has 7 nitrogen and oxygen atoms in total. The summed E-state index contributed by atoms with van der Waals surface area (Å²) in [6, 6.07) is 2.64. The van der Waals surface area contributed by atoms with E-state index in [2.05, 4.69) is 29.6 Å². The maximum atomic E-state index is 11.3. The first-order chi connectivity index (χ1) is 11.3. The molecule has 1 aliphatic rings. The minimum absolute atomic E-state index is 0.197. The van der Waals surface area contributed by atoms with Crippen LogP contribution in [0.3, 0.4) is 0 Å². The number of nitrogens with zero attached hydrogens (tertiary/aromatic N) is 3. The monoisotopic (exact) mass is 313 g/mol. The van der Waals surface area contributed by atoms with Gasteiger partial charge in [0.2, 0.25) is 0 Å². The van der Waals surface area contributed by atoms with Gasteiger partial charge in [-0.2, -0.15) is 0 Å². The van der Waals surface area contributed by atoms with Crippen molar-refractivity contribution in [2.45, 2.75) is 37.8 Å². The number of hydrogen-bond donors (Lipinski definition) is 2. The normalized spacial score (nSPS) is 21.6. The van der Waals surface area contributed by atoms with E-state index in [1.165, 1.54) is 7.11 Å². The standard InChI is InChI=1S/C16H19N5O2/c1-23-16(22)20-10-2-4-11(5-3-10)21-9-19-13-8-18-15-12(14(13)21)6-7-17-15/h6-11H,2-5H2,1H3,(H,17,18)(H,20,22)/t10-,11-. The van der Waals surface area contributed by atoms with Crippen molar-refractivity contribution in [3.63, 3.8) is 0 Å². The van der Waals surface area contributed by atoms with E-state index in [-0.39, 0.29) is 12.1 Å². The van der Waals surface area contributed by atoms with Gasteiger partial charge in [-0.25, -0.2) is 14.8 Å². The van der Waals surface area contributed by atoms with Crippen LogP contribution in [0.25, 0.3) is 22.1 Å². The highest BCUT2D eigenvalue weighted by Crippen LogP contribution is 2.33. The van der Waals surface area contributed by atoms with E-state index < -0.39 is 0 Å². The number of hydrogen-bond acceptors (Lipinski definition) is 4. The Kier molecular flexibility index (Phi) is 3.40. The molecule has 1 saturated carbocycles. The van der Waals surface area contributed by atoms with Crippen molar-refractivity contribution in [3.05, 3.63) is 24.8 Å². The van der Waals surface area contributed by atoms with Gasteiger partial charge in [0.1, 0.15) is 11.2 Å². The molecule has 0 spiro atoms. The summed E-state index contributed by atoms with van der Waals surface area (Å²) in [7, 11) is 1.40. The van der Waals surface area contributed by atoms with Gasteiger partial charge in [-0.05, 0) is 31.7 Å². The highest BCUT2D eigenvalue weighted by Gasteiger charge is 2.25. The number of carbonyl (C=O) groups is 1. The lowest BCUT2D eigenvalue weighted by Gasteiger charge is -2.29. The molecule has 1 aliphatic carbocycles. The van der Waals surface area contributed by atoms with Gasteiger partial charge in [-0.3, -0.25) is 0 Å². The van der Waals surface area contributed by atoms with Crippen molar-refractivity contribution in [1.29, 1.82) is 0 Å². The number of nitrogens with one attached hydrogen (secondary N) is 2. The SMILES string of the molecule is COC(=O)N[C@H]1CC[C@H](n2cnc3cnc4[nH]ccc4c32)CC1. The molecule has 3 aromatic heterocycles. The molecular weight excluding hydrogens is 294 g/mol. The molecule has 2 N–H and O–H groups in total. The van der Waals surface area contributed by atoms with Crippen LogP contribution >= 0.6 is 0 Å². The second kappa shape index (κ2) is 5.57. The van der Waals surface area contributed by atoms with E-state index in [1.807, 2.05) is 24.8 Å². The zero-order chi connectivity index (χ0) is 15.8. The molecule has 0 unspecified atom stereocenters. The van der Waals surface area contributed by atoms with Gasteiger partial charge >= 0.3 is 6.09 Å². The Bertz CT molecular complexity index is 845. The zero-order valence-corrected chi connectivity index (χ0v) is 13.0. The maximum absolute atomic E-state index is 11.3. The van der Waals surface area contributed by atoms with Gasteiger partial charge in [0.25, 0.3) is 0 Å². The summed E-state index contributed by atoms with van der Waals surface area (Å²) in [5.41, 5.74) is 2.95. The van der Waals surface area contributed by atoms with Gasteiger partial charge in [0.15, 0.2) is 0 Å². The molecular formula is C16H19N5O2. The number of ether oxygens (including phenoxy) is 1. The fraction of sp³-hybridized carbons (Fsp3) is 0.438. The fourth-order valence-electron chi connectivity index (χ4n) is 3.53. The first-order valence-electron chi connectivity index (χ1n) is 7.89. The predicted molar refractivity (Wildman–Crippen MR) is 86.2 cm³/mol. The number of methoxy groups -OCH3 is 1. The molecule has 0 saturated heterocycles. The second-order valence-electron chi connectivity index (χ2n) is 6.03. The number of aromatic amines is 1. The molecule has 0 atom stereocenters. The van der Waals surface area contributed by atoms with Crippen LogP contribution in [-0.2, 0) is 4.74 Å². The van der Waals surface area contributed by atoms with E-state index in [0.29, 0.717) is 6.04 Å². The number of alkyl carbamates (subject to hydrolysis) is 1. The predicted octanol–water partition coefficient (Wildman–Crippen LogP) is 2.75. The molecule has 1 amide bonds. The highest BCUT2D eigenvalue weighted by molar-refractivity contribution is 6.00. The van der Waals surface area contributed by atoms with Gasteiger partial charge in [-0.1, -0.05) is 0 Å². The summed E-state index contributed by atoms with van der Waals surface area (Å²) in [6.07, 6.45) is 9.20. The van der Waals surface area contributed by atoms with E-state index in [1.54, 1.807) is 0 Å². The van der Waals surface area contributed by atoms with E-state index in [4.69, 9.17) is 0 Å². The number of pyridine rings is 1. The number of carbonyl (C=O) groups excluding carboxylic acids is 1. The number of rotatable bonds is 2. The number of fused-ring (bicyclic) bond motifs is 3. The number of H-pyrrole nitrogens is 1. The Morgan fingerprint density at radius 2 is 2.17 bits per heavy atom. The zero-order valence-electron chi connectivity index (χ0n) is 13.0. The third-order valence-electron chi connectivity index (χ3n) is 4.72. The van der Waals surface area contributed by atoms with Crippen LogP contribution in [0, 0.1) is 0 Å². The largest absolute Gasteiger partial charge is 0.453 e. The first kappa shape index (κ1) is 14.0. The Morgan fingerprint density at radius 3 is 2.96 bits per heavy atom. The highest BCUT2D eigenvalue weighted by atomic mass is 16.5. The van der Waals surface area contributed by atoms with Crippen molar-refractivity contribution in [2.24, 2.45) is 0 Å². The van der Waals surface area contributed by atoms with Crippen LogP contribution in [0.2, 0.25) is 0 Å². The van der Waals surface area contributed by atoms with Crippen molar-refractivity contribution in [3.8, 4) is 0 Å². The summed E-state index contributed by atoms with van der Waals surface area (Å²) in [5.74, 6) is 0. The van der Waals surface area contributed by atoms with Crippen LogP contribution in [0.15, 0.2) is 24.8 Å². The third-order valence-corrected chi connectivity index (χ3v) is 4.72. The molecule has 0 aromatic carbocycles. The molecule has 0 aliphatic heterocycles. The smallest absolute Gasteiger partial charge is 0.407 e. The van der Waals surface area contributed by atoms with E-state index >= 15 is 0 Å². The lowest BCUT2D eigenvalue weighted by Crippen LogP contribution is -2.37. The van der Waals surface area contributed by atoms with Crippen LogP contribution in [0.4, 0.5) is 4.79 Å². The van der Waals surface area contributed by atoms with Crippen LogP contribution in [-0.4, -0.2) is 38.8 Å². The lowest BCUT2D eigenvalue weighted by atomic mass is 9.91. The Labute approximate surface area is 133 Å². The Balaban J connectivity index is 1.59. The maximum Gasteiger partial charge on any atom is 0.407 e. The van der Waals surface area contributed by atoms with Crippen LogP contribution in [0.1, 0.15) is 31.7 Å². The van der Waals surface area contributed by atoms with Crippen molar-refractivity contribution in [2.75, 3.05) is 7.11 Å². The Hall–Kier alpha value is -2.57. The number of amides is 1. The molecule has 120 valence electrons. The Morgan fingerprint density at radius 1 is 1.35 bits per heavy atom. The minimum Gasteiger partial charge on any atom is -0.453 e. The molecule has 7 heteroatoms. The molecule has 1 fully saturated rings. The quantitative estimate of drug-likeness (QED) is 0.762. The molecule has 0 radical (unpaired) electrons. The van der Waals surface area contributed by atoms with Gasteiger partial charge in [-0.15, -0.1) is 0 Å². The lowest BCUT2D eigenvalue weighted by molar-refractivity contribution is 0.161. The van der Waals surface area contributed by atoms with Crippen LogP contribution < -0.4 is 5.32 Å². The average molecular weight is 313 g/mol. The molecule has 3 aromatic rings. The van der Waals surface area contributed by atoms with E-state index in [0.717, 1.165) is 47.8 Å². The van der Waals surface area contributed by atoms with Crippen molar-refractivity contribution >= 4 is 28.2 Å². The summed E-state index contributed by atoms with van der Waals surface area (Å²) >= 11 is 0. The number of imidazole rings is 1. The summed E-state index contributed by atoms with van der Waals surface area (Å²) in [6.45, 7) is 0. The van der Waals surface area contributed by atoms with Crippen molar-refractivity contribution < 1.29 is 9.53 Å². The fourth-order valence-corrected chi connectivity index (χ4v) is 3.53. The van der Waals surface area contributed by atoms with Crippen molar-refractivity contribution in [1.82, 2.24) is 24.8 Å².